The number of isothiocyanates is 2. The maximum Gasteiger partial charge on any atom is 2.00 e. The molecule has 4 heterocycles. The number of thiocarbonyl (C=S) groups is 2. The van der Waals surface area contributed by atoms with E-state index in [-0.39, 0.29) is 25.0 Å². The molecule has 0 saturated carbocycles. The third-order valence-corrected chi connectivity index (χ3v) is 12.8. The second-order valence-corrected chi connectivity index (χ2v) is 18.5. The summed E-state index contributed by atoms with van der Waals surface area (Å²) in [5.41, 5.74) is 12.1. The molecule has 8 rings (SSSR count). The Hall–Kier alpha value is -10.3. The number of rotatable bonds is 21. The summed E-state index contributed by atoms with van der Waals surface area (Å²) in [6, 6.07) is 29.6. The summed E-state index contributed by atoms with van der Waals surface area (Å²) < 4.78 is 45.6. The van der Waals surface area contributed by atoms with Gasteiger partial charge < -0.3 is 58.9 Å². The van der Waals surface area contributed by atoms with Crippen LogP contribution in [0, 0.1) is 13.8 Å². The molecule has 4 aromatic carbocycles. The minimum atomic E-state index is -1.05. The van der Waals surface area contributed by atoms with Crippen molar-refractivity contribution >= 4 is 101 Å². The summed E-state index contributed by atoms with van der Waals surface area (Å²) in [4.78, 5) is 38.8. The predicted octanol–water partition coefficient (Wildman–Crippen LogP) is 14.8. The van der Waals surface area contributed by atoms with Gasteiger partial charge >= 0.3 is 31.4 Å². The molecule has 21 heteroatoms. The fourth-order valence-electron chi connectivity index (χ4n) is 8.49. The summed E-state index contributed by atoms with van der Waals surface area (Å²) in [7, 11) is 13.2. The quantitative estimate of drug-likeness (QED) is 0.0223. The number of ether oxygens (including phenoxy) is 8. The number of methoxy groups -OCH3 is 8. The molecule has 0 saturated heterocycles. The van der Waals surface area contributed by atoms with Gasteiger partial charge in [0.1, 0.15) is 46.0 Å². The van der Waals surface area contributed by atoms with Crippen LogP contribution in [0.2, 0.25) is 0 Å². The number of aliphatic carboxylic acids is 1. The van der Waals surface area contributed by atoms with Crippen LogP contribution in [0.5, 0.6) is 46.0 Å². The third-order valence-electron chi connectivity index (χ3n) is 12.8. The molecule has 0 aliphatic rings. The van der Waals surface area contributed by atoms with Crippen LogP contribution in [0.4, 0.5) is 0 Å². The van der Waals surface area contributed by atoms with Crippen LogP contribution in [0.1, 0.15) is 71.6 Å². The zero-order chi connectivity index (χ0) is 64.1. The summed E-state index contributed by atoms with van der Waals surface area (Å²) in [5, 5.41) is 34.4. The second-order valence-electron chi connectivity index (χ2n) is 18.1. The largest absolute Gasteiger partial charge is 2.00 e. The molecule has 0 unspecified atom stereocenters. The van der Waals surface area contributed by atoms with E-state index in [1.807, 2.05) is 135 Å². The second kappa shape index (κ2) is 36.7. The molecule has 2 N–H and O–H groups in total. The van der Waals surface area contributed by atoms with E-state index in [0.717, 1.165) is 96.1 Å². The Bertz CT molecular complexity index is 3790. The Morgan fingerprint density at radius 2 is 0.640 bits per heavy atom. The summed E-state index contributed by atoms with van der Waals surface area (Å²) in [6.07, 6.45) is 24.8. The summed E-state index contributed by atoms with van der Waals surface area (Å²) >= 11 is 7.40. The molecule has 4 aromatic heterocycles. The number of nitrogens with zero attached hydrogens (tertiary/aromatic N) is 6. The number of aromatic carboxylic acids is 1. The van der Waals surface area contributed by atoms with Crippen LogP contribution in [0.3, 0.4) is 0 Å². The average molecular weight is 1320 g/mol. The number of carboxylic acids is 2. The molecular weight excluding hydrogens is 1260 g/mol. The van der Waals surface area contributed by atoms with Crippen LogP contribution < -0.4 is 37.9 Å². The van der Waals surface area contributed by atoms with E-state index >= 15 is 0 Å². The van der Waals surface area contributed by atoms with Gasteiger partial charge in [-0.05, 0) is 145 Å². The van der Waals surface area contributed by atoms with Crippen LogP contribution in [0.15, 0.2) is 128 Å². The summed E-state index contributed by atoms with van der Waals surface area (Å²) in [6.45, 7) is 3.97. The van der Waals surface area contributed by atoms with Gasteiger partial charge in [0.05, 0.1) is 85.2 Å². The van der Waals surface area contributed by atoms with Crippen molar-refractivity contribution in [2.45, 2.75) is 13.8 Å². The van der Waals surface area contributed by atoms with Gasteiger partial charge in [0.2, 0.25) is 0 Å². The molecule has 0 atom stereocenters. The maximum absolute atomic E-state index is 10.9. The molecule has 0 bridgehead atoms. The maximum atomic E-state index is 10.9. The summed E-state index contributed by atoms with van der Waals surface area (Å²) in [5.74, 6) is 3.72. The van der Waals surface area contributed by atoms with E-state index in [4.69, 9.17) is 58.9 Å². The molecule has 0 amide bonds. The Morgan fingerprint density at radius 1 is 0.393 bits per heavy atom. The first-order valence-corrected chi connectivity index (χ1v) is 27.1. The van der Waals surface area contributed by atoms with Gasteiger partial charge in [-0.3, -0.25) is 19.9 Å². The van der Waals surface area contributed by atoms with Crippen molar-refractivity contribution in [1.29, 1.82) is 0 Å². The monoisotopic (exact) mass is 1320 g/mol. The van der Waals surface area contributed by atoms with Gasteiger partial charge in [0.15, 0.2) is 0 Å². The molecule has 0 fully saturated rings. The molecule has 18 nitrogen and oxygen atoms in total. The molecule has 456 valence electrons. The molecule has 89 heavy (non-hydrogen) atoms. The van der Waals surface area contributed by atoms with Crippen LogP contribution >= 0.6 is 24.4 Å². The number of carbonyl (C=O) groups is 2. The normalized spacial score (nSPS) is 10.5. The van der Waals surface area contributed by atoms with Crippen LogP contribution in [-0.4, -0.2) is 109 Å². The number of hydrogen-bond acceptors (Lipinski definition) is 16. The van der Waals surface area contributed by atoms with Gasteiger partial charge in [0.25, 0.3) is 0 Å². The Morgan fingerprint density at radius 3 is 0.921 bits per heavy atom. The number of benzene rings is 4. The van der Waals surface area contributed by atoms with Gasteiger partial charge in [-0.25, -0.2) is 9.59 Å². The van der Waals surface area contributed by atoms with Crippen molar-refractivity contribution in [3.63, 3.8) is 0 Å². The smallest absolute Gasteiger partial charge is 0.753 e. The zero-order valence-corrected chi connectivity index (χ0v) is 53.5. The first kappa shape index (κ1) is 71.2. The molecule has 0 radical (unpaired) electrons. The standard InChI is InChI=1S/C52H52N2O8.C14H10N2O4.2CNS.Ru/c1-33-23-47(57-5)39(27-45(33)55-3)15-17-41-31-49(59-7)37(29-51(41)61-9)13-11-35-19-21-53-43(25-35)44-26-36(20-22-54-44)12-14-38-30-52(62-10)42(32-50(38)60-8)18-16-40-28-46(56-4)34(2)24-48(40)58-6;17-13(18)2-1-9-3-5-15-11(7-9)12-8-10(14(19)20)4-6-16-12;2*2-1-3;/h11-32H,1-10H3;1-8H,(H,17,18)(H,19,20);;;/q;;2*-1;+2/b13-11+,14-12+,17-15+,18-16+;2-1+;;;. The van der Waals surface area contributed by atoms with Crippen molar-refractivity contribution in [2.24, 2.45) is 0 Å². The van der Waals surface area contributed by atoms with E-state index in [0.29, 0.717) is 39.9 Å². The van der Waals surface area contributed by atoms with Crippen molar-refractivity contribution in [1.82, 2.24) is 19.9 Å². The minimum Gasteiger partial charge on any atom is -0.753 e. The van der Waals surface area contributed by atoms with Gasteiger partial charge in [-0.15, -0.1) is 0 Å². The van der Waals surface area contributed by atoms with Gasteiger partial charge in [-0.2, -0.15) is 10.3 Å². The fraction of sp³-hybridized carbons (Fsp3) is 0.147. The van der Waals surface area contributed by atoms with E-state index in [2.05, 4.69) is 44.4 Å². The Balaban J connectivity index is 0.000000521. The molecule has 8 aromatic rings. The number of aryl methyl sites for hydroxylation is 2. The molecule has 0 spiro atoms. The van der Waals surface area contributed by atoms with Gasteiger partial charge in [0, 0.05) is 64.2 Å². The van der Waals surface area contributed by atoms with E-state index in [1.165, 1.54) is 40.9 Å². The van der Waals surface area contributed by atoms with Crippen molar-refractivity contribution in [2.75, 3.05) is 56.9 Å². The first-order valence-electron chi connectivity index (χ1n) is 26.3. The van der Waals surface area contributed by atoms with Gasteiger partial charge in [-0.1, -0.05) is 73.0 Å². The molecule has 0 aliphatic heterocycles. The van der Waals surface area contributed by atoms with E-state index < -0.39 is 11.9 Å². The Labute approximate surface area is 540 Å². The van der Waals surface area contributed by atoms with Crippen molar-refractivity contribution < 1.29 is 77.2 Å². The van der Waals surface area contributed by atoms with Crippen molar-refractivity contribution in [3.05, 3.63) is 206 Å². The number of aromatic nitrogens is 4. The van der Waals surface area contributed by atoms with Crippen LogP contribution in [-0.2, 0) is 24.3 Å². The zero-order valence-electron chi connectivity index (χ0n) is 50.2. The van der Waals surface area contributed by atoms with E-state index in [1.54, 1.807) is 81.4 Å². The SMILES string of the molecule is COc1cc(/C=C/c2cc(OC)c(/C=C/c3ccnc(-c4cc(/C=C/c5cc(OC)c(/C=C/c6cc(OC)c(C)cc6OC)cc5OC)ccn4)c3)cc2OC)c(OC)cc1C.O=C(O)/C=C/c1ccnc(-c2cc(C(=O)O)ccn2)c1.[N-]=C=S.[N-]=C=S.[Ru+2]. The number of carboxylic acid groups (broad SMARTS) is 2. The Kier molecular flexibility index (Phi) is 29.3. The average Bonchev–Trinajstić information content (AvgIpc) is 3.73. The predicted molar refractivity (Wildman–Crippen MR) is 354 cm³/mol. The minimum absolute atomic E-state index is 0. The topological polar surface area (TPSA) is 245 Å². The molecular formula is C68H62N6O12RuS2. The van der Waals surface area contributed by atoms with Crippen molar-refractivity contribution in [3.8, 4) is 68.8 Å². The van der Waals surface area contributed by atoms with E-state index in [9.17, 15) is 9.59 Å². The molecule has 0 aliphatic carbocycles. The number of pyridine rings is 4. The fourth-order valence-corrected chi connectivity index (χ4v) is 8.49. The van der Waals surface area contributed by atoms with Crippen LogP contribution in [0.25, 0.3) is 88.3 Å². The third kappa shape index (κ3) is 20.7. The first-order chi connectivity index (χ1) is 42.5. The number of hydrogen-bond donors (Lipinski definition) is 2.